The van der Waals surface area contributed by atoms with Crippen LogP contribution in [0.1, 0.15) is 57.4 Å². The second-order valence-electron chi connectivity index (χ2n) is 8.99. The molecule has 2 N–H and O–H groups in total. The average molecular weight is 419 g/mol. The van der Waals surface area contributed by atoms with E-state index < -0.39 is 34.9 Å². The summed E-state index contributed by atoms with van der Waals surface area (Å²) in [5.74, 6) is -1.33. The minimum atomic E-state index is -1.55. The fraction of sp³-hybridized carbons (Fsp3) is 0.667. The Morgan fingerprint density at radius 2 is 2.00 bits per heavy atom. The van der Waals surface area contributed by atoms with E-state index in [1.807, 2.05) is 37.3 Å². The number of fused-ring (bicyclic) bond motifs is 1. The first-order valence-electron chi connectivity index (χ1n) is 11.0. The fourth-order valence-electron chi connectivity index (χ4n) is 5.63. The number of ketones is 1. The Bertz CT molecular complexity index is 724. The number of hydrogen-bond donors (Lipinski definition) is 2. The molecule has 2 saturated carbocycles. The van der Waals surface area contributed by atoms with E-state index in [1.165, 1.54) is 7.11 Å². The SMILES string of the molecule is COC(=O)[C@@]12C(=O)CC[C@](C)([C@@H](O)CCCOCc3ccccc3)[C@H]1CCC[C@H]2O. The summed E-state index contributed by atoms with van der Waals surface area (Å²) in [4.78, 5) is 25.7. The van der Waals surface area contributed by atoms with Crippen molar-refractivity contribution in [2.45, 2.75) is 70.7 Å². The maximum atomic E-state index is 12.9. The maximum absolute atomic E-state index is 12.9. The second kappa shape index (κ2) is 9.58. The zero-order chi connectivity index (χ0) is 21.8. The van der Waals surface area contributed by atoms with Crippen molar-refractivity contribution in [1.29, 1.82) is 0 Å². The molecule has 2 fully saturated rings. The van der Waals surface area contributed by atoms with Gasteiger partial charge in [-0.1, -0.05) is 43.7 Å². The molecule has 0 aromatic heterocycles. The third-order valence-corrected chi connectivity index (χ3v) is 7.36. The molecule has 0 aliphatic heterocycles. The molecule has 3 rings (SSSR count). The van der Waals surface area contributed by atoms with Crippen molar-refractivity contribution in [3.05, 3.63) is 35.9 Å². The van der Waals surface area contributed by atoms with E-state index in [0.29, 0.717) is 45.3 Å². The quantitative estimate of drug-likeness (QED) is 0.383. The summed E-state index contributed by atoms with van der Waals surface area (Å²) in [5, 5.41) is 21.9. The largest absolute Gasteiger partial charge is 0.468 e. The van der Waals surface area contributed by atoms with Gasteiger partial charge in [-0.3, -0.25) is 9.59 Å². The summed E-state index contributed by atoms with van der Waals surface area (Å²) in [6.45, 7) is 3.01. The van der Waals surface area contributed by atoms with Gasteiger partial charge in [-0.15, -0.1) is 0 Å². The molecule has 166 valence electrons. The number of benzene rings is 1. The van der Waals surface area contributed by atoms with E-state index >= 15 is 0 Å². The molecule has 0 unspecified atom stereocenters. The number of Topliss-reactive ketones (excluding diaryl/α,β-unsaturated/α-hetero) is 1. The first-order valence-corrected chi connectivity index (χ1v) is 11.0. The number of carbonyl (C=O) groups is 2. The Hall–Kier alpha value is -1.76. The van der Waals surface area contributed by atoms with Crippen LogP contribution in [-0.2, 0) is 25.7 Å². The van der Waals surface area contributed by atoms with Gasteiger partial charge in [0.15, 0.2) is 11.2 Å². The van der Waals surface area contributed by atoms with Crippen molar-refractivity contribution in [2.24, 2.45) is 16.7 Å². The third kappa shape index (κ3) is 4.05. The molecule has 6 nitrogen and oxygen atoms in total. The van der Waals surface area contributed by atoms with Gasteiger partial charge in [0, 0.05) is 13.0 Å². The van der Waals surface area contributed by atoms with Crippen molar-refractivity contribution in [3.63, 3.8) is 0 Å². The van der Waals surface area contributed by atoms with Gasteiger partial charge >= 0.3 is 5.97 Å². The van der Waals surface area contributed by atoms with Crippen LogP contribution in [-0.4, -0.2) is 47.9 Å². The van der Waals surface area contributed by atoms with Crippen LogP contribution in [0.4, 0.5) is 0 Å². The van der Waals surface area contributed by atoms with Gasteiger partial charge < -0.3 is 19.7 Å². The fourth-order valence-corrected chi connectivity index (χ4v) is 5.63. The minimum Gasteiger partial charge on any atom is -0.468 e. The van der Waals surface area contributed by atoms with Crippen LogP contribution in [0.3, 0.4) is 0 Å². The molecule has 0 saturated heterocycles. The topological polar surface area (TPSA) is 93.1 Å². The summed E-state index contributed by atoms with van der Waals surface area (Å²) in [5.41, 5.74) is -1.08. The molecule has 0 heterocycles. The Labute approximate surface area is 178 Å². The summed E-state index contributed by atoms with van der Waals surface area (Å²) < 4.78 is 10.7. The highest BCUT2D eigenvalue weighted by atomic mass is 16.5. The van der Waals surface area contributed by atoms with Crippen LogP contribution in [0.5, 0.6) is 0 Å². The number of methoxy groups -OCH3 is 1. The lowest BCUT2D eigenvalue weighted by Gasteiger charge is -2.56. The van der Waals surface area contributed by atoms with E-state index in [0.717, 1.165) is 12.0 Å². The molecular weight excluding hydrogens is 384 g/mol. The number of aliphatic hydroxyl groups is 2. The molecule has 6 heteroatoms. The lowest BCUT2D eigenvalue weighted by molar-refractivity contribution is -0.198. The zero-order valence-corrected chi connectivity index (χ0v) is 18.0. The first kappa shape index (κ1) is 22.9. The number of hydrogen-bond acceptors (Lipinski definition) is 6. The Balaban J connectivity index is 1.66. The van der Waals surface area contributed by atoms with Crippen LogP contribution in [0, 0.1) is 16.7 Å². The van der Waals surface area contributed by atoms with Gasteiger partial charge in [-0.25, -0.2) is 0 Å². The van der Waals surface area contributed by atoms with Crippen LogP contribution in [0.2, 0.25) is 0 Å². The number of rotatable bonds is 8. The van der Waals surface area contributed by atoms with Gasteiger partial charge in [-0.2, -0.15) is 0 Å². The molecule has 1 aromatic carbocycles. The van der Waals surface area contributed by atoms with Gasteiger partial charge in [0.05, 0.1) is 25.9 Å². The predicted molar refractivity (Wildman–Crippen MR) is 111 cm³/mol. The van der Waals surface area contributed by atoms with Gasteiger partial charge in [0.2, 0.25) is 0 Å². The van der Waals surface area contributed by atoms with E-state index in [1.54, 1.807) is 0 Å². The summed E-state index contributed by atoms with van der Waals surface area (Å²) in [7, 11) is 1.26. The maximum Gasteiger partial charge on any atom is 0.322 e. The highest BCUT2D eigenvalue weighted by Gasteiger charge is 2.66. The number of aliphatic hydroxyl groups excluding tert-OH is 2. The predicted octanol–water partition coefficient (Wildman–Crippen LogP) is 3.03. The Morgan fingerprint density at radius 1 is 1.27 bits per heavy atom. The van der Waals surface area contributed by atoms with Crippen LogP contribution >= 0.6 is 0 Å². The molecule has 0 amide bonds. The van der Waals surface area contributed by atoms with Crippen molar-refractivity contribution >= 4 is 11.8 Å². The average Bonchev–Trinajstić information content (AvgIpc) is 2.76. The van der Waals surface area contributed by atoms with E-state index in [4.69, 9.17) is 9.47 Å². The Kier molecular flexibility index (Phi) is 7.32. The van der Waals surface area contributed by atoms with Crippen LogP contribution in [0.15, 0.2) is 30.3 Å². The third-order valence-electron chi connectivity index (χ3n) is 7.36. The molecule has 5 atom stereocenters. The van der Waals surface area contributed by atoms with E-state index in [-0.39, 0.29) is 12.2 Å². The molecule has 0 bridgehead atoms. The highest BCUT2D eigenvalue weighted by molar-refractivity contribution is 6.05. The molecule has 0 spiro atoms. The lowest BCUT2D eigenvalue weighted by atomic mass is 9.47. The molecular formula is C24H34O6. The van der Waals surface area contributed by atoms with Crippen molar-refractivity contribution in [2.75, 3.05) is 13.7 Å². The number of ether oxygens (including phenoxy) is 2. The Morgan fingerprint density at radius 3 is 2.70 bits per heavy atom. The second-order valence-corrected chi connectivity index (χ2v) is 8.99. The normalized spacial score (nSPS) is 32.3. The van der Waals surface area contributed by atoms with Crippen molar-refractivity contribution in [1.82, 2.24) is 0 Å². The van der Waals surface area contributed by atoms with Gasteiger partial charge in [0.1, 0.15) is 0 Å². The van der Waals surface area contributed by atoms with Gasteiger partial charge in [-0.05, 0) is 49.0 Å². The zero-order valence-electron chi connectivity index (χ0n) is 18.0. The summed E-state index contributed by atoms with van der Waals surface area (Å²) in [6, 6.07) is 9.93. The molecule has 0 radical (unpaired) electrons. The standard InChI is InChI=1S/C24H34O6/c1-23(19(25)12-7-15-30-16-17-8-4-3-5-9-17)14-13-21(27)24(22(28)29-2)18(23)10-6-11-20(24)26/h3-5,8-9,18-20,25-26H,6-7,10-16H2,1-2H3/t18-,19+,20-,23+,24+/m1/s1. The van der Waals surface area contributed by atoms with Gasteiger partial charge in [0.25, 0.3) is 0 Å². The minimum absolute atomic E-state index is 0.167. The van der Waals surface area contributed by atoms with Crippen molar-refractivity contribution in [3.8, 4) is 0 Å². The van der Waals surface area contributed by atoms with E-state index in [2.05, 4.69) is 0 Å². The van der Waals surface area contributed by atoms with Crippen LogP contribution in [0.25, 0.3) is 0 Å². The number of carbonyl (C=O) groups excluding carboxylic acids is 2. The monoisotopic (exact) mass is 418 g/mol. The molecule has 2 aliphatic rings. The highest BCUT2D eigenvalue weighted by Crippen LogP contribution is 2.58. The summed E-state index contributed by atoms with van der Waals surface area (Å²) >= 11 is 0. The number of esters is 1. The summed E-state index contributed by atoms with van der Waals surface area (Å²) in [6.07, 6.45) is 1.87. The van der Waals surface area contributed by atoms with E-state index in [9.17, 15) is 19.8 Å². The lowest BCUT2D eigenvalue weighted by Crippen LogP contribution is -2.65. The molecule has 2 aliphatic carbocycles. The molecule has 1 aromatic rings. The first-order chi connectivity index (χ1) is 14.4. The van der Waals surface area contributed by atoms with Crippen LogP contribution < -0.4 is 0 Å². The molecule has 30 heavy (non-hydrogen) atoms. The van der Waals surface area contributed by atoms with Crippen molar-refractivity contribution < 1.29 is 29.3 Å². The smallest absolute Gasteiger partial charge is 0.322 e.